The number of nitrogens with one attached hydrogen (secondary N) is 1. The number of aromatic nitrogens is 4. The molecule has 0 unspecified atom stereocenters. The van der Waals surface area contributed by atoms with Crippen LogP contribution in [0, 0.1) is 6.92 Å². The molecule has 0 radical (unpaired) electrons. The quantitative estimate of drug-likeness (QED) is 0.524. The predicted molar refractivity (Wildman–Crippen MR) is 108 cm³/mol. The molecule has 28 heavy (non-hydrogen) atoms. The maximum Gasteiger partial charge on any atom is 0.261 e. The summed E-state index contributed by atoms with van der Waals surface area (Å²) in [5, 5.41) is 3.39. The fraction of sp³-hybridized carbons (Fsp3) is 0.238. The number of benzene rings is 2. The van der Waals surface area contributed by atoms with Crippen LogP contribution in [0.25, 0.3) is 21.9 Å². The van der Waals surface area contributed by atoms with Gasteiger partial charge in [-0.2, -0.15) is 0 Å². The van der Waals surface area contributed by atoms with Crippen molar-refractivity contribution in [3.63, 3.8) is 0 Å². The molecule has 0 fully saturated rings. The van der Waals surface area contributed by atoms with Gasteiger partial charge in [0.1, 0.15) is 12.4 Å². The number of hydrogen-bond donors (Lipinski definition) is 1. The van der Waals surface area contributed by atoms with Crippen LogP contribution in [0.15, 0.2) is 59.7 Å². The predicted octanol–water partition coefficient (Wildman–Crippen LogP) is 2.26. The Balaban J connectivity index is 1.34. The minimum atomic E-state index is -0.207. The Morgan fingerprint density at radius 3 is 2.68 bits per heavy atom. The first-order valence-electron chi connectivity index (χ1n) is 9.26. The first-order chi connectivity index (χ1) is 13.6. The third kappa shape index (κ3) is 3.51. The molecule has 0 spiro atoms. The Kier molecular flexibility index (Phi) is 4.89. The smallest absolute Gasteiger partial charge is 0.261 e. The van der Waals surface area contributed by atoms with Crippen molar-refractivity contribution in [1.82, 2.24) is 24.4 Å². The summed E-state index contributed by atoms with van der Waals surface area (Å²) in [5.41, 5.74) is 2.50. The van der Waals surface area contributed by atoms with Crippen molar-refractivity contribution in [1.29, 1.82) is 0 Å². The zero-order valence-corrected chi connectivity index (χ0v) is 15.6. The first-order valence-corrected chi connectivity index (χ1v) is 9.26. The normalized spacial score (nSPS) is 11.2. The van der Waals surface area contributed by atoms with Gasteiger partial charge in [-0.1, -0.05) is 24.3 Å². The number of carbonyl (C=O) groups excluding carboxylic acids is 1. The summed E-state index contributed by atoms with van der Waals surface area (Å²) in [5.74, 6) is 0.757. The fourth-order valence-corrected chi connectivity index (χ4v) is 3.37. The van der Waals surface area contributed by atoms with Gasteiger partial charge in [0.15, 0.2) is 0 Å². The molecule has 2 heterocycles. The molecular formula is C21H21N5O2. The lowest BCUT2D eigenvalue weighted by Gasteiger charge is -2.09. The van der Waals surface area contributed by atoms with E-state index in [2.05, 4.69) is 19.9 Å². The van der Waals surface area contributed by atoms with Crippen LogP contribution < -0.4 is 10.9 Å². The van der Waals surface area contributed by atoms with Crippen LogP contribution in [0.5, 0.6) is 0 Å². The number of nitrogens with zero attached hydrogens (tertiary/aromatic N) is 4. The molecule has 2 aromatic carbocycles. The van der Waals surface area contributed by atoms with E-state index in [-0.39, 0.29) is 18.0 Å². The van der Waals surface area contributed by atoms with Crippen molar-refractivity contribution in [2.75, 3.05) is 6.54 Å². The van der Waals surface area contributed by atoms with Gasteiger partial charge < -0.3 is 9.88 Å². The van der Waals surface area contributed by atoms with Crippen molar-refractivity contribution in [2.45, 2.75) is 26.4 Å². The van der Waals surface area contributed by atoms with Gasteiger partial charge in [0, 0.05) is 13.1 Å². The van der Waals surface area contributed by atoms with E-state index >= 15 is 0 Å². The van der Waals surface area contributed by atoms with Crippen LogP contribution in [0.4, 0.5) is 0 Å². The topological polar surface area (TPSA) is 81.8 Å². The van der Waals surface area contributed by atoms with Gasteiger partial charge in [0.05, 0.1) is 28.3 Å². The van der Waals surface area contributed by atoms with E-state index in [0.29, 0.717) is 17.4 Å². The molecule has 1 amide bonds. The Morgan fingerprint density at radius 2 is 1.82 bits per heavy atom. The van der Waals surface area contributed by atoms with Crippen LogP contribution in [0.1, 0.15) is 12.2 Å². The molecule has 0 aliphatic heterocycles. The third-order valence-corrected chi connectivity index (χ3v) is 4.77. The number of para-hydroxylation sites is 3. The minimum absolute atomic E-state index is 0.0380. The highest BCUT2D eigenvalue weighted by atomic mass is 16.2. The van der Waals surface area contributed by atoms with Gasteiger partial charge >= 0.3 is 0 Å². The third-order valence-electron chi connectivity index (χ3n) is 4.77. The van der Waals surface area contributed by atoms with Crippen molar-refractivity contribution in [3.8, 4) is 0 Å². The molecule has 1 N–H and O–H groups in total. The largest absolute Gasteiger partial charge is 0.354 e. The van der Waals surface area contributed by atoms with Gasteiger partial charge in [-0.05, 0) is 37.6 Å². The van der Waals surface area contributed by atoms with Crippen molar-refractivity contribution < 1.29 is 4.79 Å². The molecule has 0 saturated heterocycles. The lowest BCUT2D eigenvalue weighted by Crippen LogP contribution is -2.33. The summed E-state index contributed by atoms with van der Waals surface area (Å²) >= 11 is 0. The number of imidazole rings is 1. The first kappa shape index (κ1) is 17.9. The van der Waals surface area contributed by atoms with Crippen LogP contribution in [0.2, 0.25) is 0 Å². The zero-order chi connectivity index (χ0) is 19.5. The summed E-state index contributed by atoms with van der Waals surface area (Å²) in [4.78, 5) is 33.5. The van der Waals surface area contributed by atoms with E-state index in [1.165, 1.54) is 10.9 Å². The van der Waals surface area contributed by atoms with Gasteiger partial charge in [-0.25, -0.2) is 9.97 Å². The Morgan fingerprint density at radius 1 is 1.07 bits per heavy atom. The maximum absolute atomic E-state index is 12.4. The second-order valence-electron chi connectivity index (χ2n) is 6.70. The Bertz CT molecular complexity index is 1210. The number of amides is 1. The standard InChI is InChI=1S/C21H21N5O2/c1-15-24-18-9-4-5-10-19(18)26(15)12-6-11-22-20(27)13-25-14-23-17-8-3-2-7-16(17)21(25)28/h2-5,7-10,14H,6,11-13H2,1H3,(H,22,27). The molecule has 7 heteroatoms. The summed E-state index contributed by atoms with van der Waals surface area (Å²) < 4.78 is 3.49. The van der Waals surface area contributed by atoms with Crippen LogP contribution in [-0.2, 0) is 17.9 Å². The molecule has 7 nitrogen and oxygen atoms in total. The molecule has 0 aliphatic rings. The second-order valence-corrected chi connectivity index (χ2v) is 6.70. The van der Waals surface area contributed by atoms with Gasteiger partial charge in [-0.3, -0.25) is 14.2 Å². The Labute approximate surface area is 161 Å². The van der Waals surface area contributed by atoms with E-state index in [9.17, 15) is 9.59 Å². The van der Waals surface area contributed by atoms with E-state index in [4.69, 9.17) is 0 Å². The highest BCUT2D eigenvalue weighted by Crippen LogP contribution is 2.15. The molecule has 0 bridgehead atoms. The number of aryl methyl sites for hydroxylation is 2. The average molecular weight is 375 g/mol. The zero-order valence-electron chi connectivity index (χ0n) is 15.6. The number of carbonyl (C=O) groups is 1. The monoisotopic (exact) mass is 375 g/mol. The van der Waals surface area contributed by atoms with Crippen LogP contribution in [-0.4, -0.2) is 31.6 Å². The molecule has 4 rings (SSSR count). The average Bonchev–Trinajstić information content (AvgIpc) is 3.03. The molecule has 0 aliphatic carbocycles. The summed E-state index contributed by atoms with van der Waals surface area (Å²) in [6, 6.07) is 15.1. The highest BCUT2D eigenvalue weighted by Gasteiger charge is 2.09. The van der Waals surface area contributed by atoms with Crippen molar-refractivity contribution >= 4 is 27.8 Å². The van der Waals surface area contributed by atoms with Gasteiger partial charge in [-0.15, -0.1) is 0 Å². The summed E-state index contributed by atoms with van der Waals surface area (Å²) in [7, 11) is 0. The molecule has 4 aromatic rings. The SMILES string of the molecule is Cc1nc2ccccc2n1CCCNC(=O)Cn1cnc2ccccc2c1=O. The molecule has 0 saturated carbocycles. The molecule has 0 atom stereocenters. The van der Waals surface area contributed by atoms with E-state index in [1.807, 2.05) is 37.3 Å². The van der Waals surface area contributed by atoms with Crippen molar-refractivity contribution in [2.24, 2.45) is 0 Å². The van der Waals surface area contributed by atoms with Crippen LogP contribution in [0.3, 0.4) is 0 Å². The lowest BCUT2D eigenvalue weighted by molar-refractivity contribution is -0.121. The van der Waals surface area contributed by atoms with E-state index in [1.54, 1.807) is 18.2 Å². The van der Waals surface area contributed by atoms with E-state index < -0.39 is 0 Å². The highest BCUT2D eigenvalue weighted by molar-refractivity contribution is 5.79. The molecule has 142 valence electrons. The lowest BCUT2D eigenvalue weighted by atomic mass is 10.2. The molecular weight excluding hydrogens is 354 g/mol. The van der Waals surface area contributed by atoms with Gasteiger partial charge in [0.2, 0.25) is 5.91 Å². The summed E-state index contributed by atoms with van der Waals surface area (Å²) in [6.45, 7) is 3.24. The maximum atomic E-state index is 12.4. The van der Waals surface area contributed by atoms with Crippen molar-refractivity contribution in [3.05, 3.63) is 71.0 Å². The number of fused-ring (bicyclic) bond motifs is 2. The second kappa shape index (κ2) is 7.64. The summed E-state index contributed by atoms with van der Waals surface area (Å²) in [6.07, 6.45) is 2.20. The minimum Gasteiger partial charge on any atom is -0.354 e. The molecule has 2 aromatic heterocycles. The number of rotatable bonds is 6. The fourth-order valence-electron chi connectivity index (χ4n) is 3.37. The Hall–Kier alpha value is -3.48. The van der Waals surface area contributed by atoms with Crippen LogP contribution >= 0.6 is 0 Å². The van der Waals surface area contributed by atoms with E-state index in [0.717, 1.165) is 29.8 Å². The number of hydrogen-bond acceptors (Lipinski definition) is 4. The van der Waals surface area contributed by atoms with Gasteiger partial charge in [0.25, 0.3) is 5.56 Å².